The van der Waals surface area contributed by atoms with Crippen molar-refractivity contribution < 1.29 is 0 Å². The first kappa shape index (κ1) is 40.8. The normalized spacial score (nSPS) is 15.8. The van der Waals surface area contributed by atoms with Crippen molar-refractivity contribution in [1.29, 1.82) is 0 Å². The monoisotopic (exact) mass is 910 g/mol. The zero-order valence-corrected chi connectivity index (χ0v) is 39.6. The van der Waals surface area contributed by atoms with Gasteiger partial charge in [0.05, 0.1) is 0 Å². The zero-order chi connectivity index (χ0) is 47.3. The molecule has 0 saturated carbocycles. The second-order valence-electron chi connectivity index (χ2n) is 19.9. The fourth-order valence-corrected chi connectivity index (χ4v) is 12.7. The van der Waals surface area contributed by atoms with E-state index in [2.05, 4.69) is 267 Å². The summed E-state index contributed by atoms with van der Waals surface area (Å²) in [5.74, 6) is 0.527. The van der Waals surface area contributed by atoms with Crippen molar-refractivity contribution in [3.63, 3.8) is 0 Å². The van der Waals surface area contributed by atoms with Gasteiger partial charge in [0.25, 0.3) is 0 Å². The van der Waals surface area contributed by atoms with E-state index in [9.17, 15) is 0 Å². The average molecular weight is 911 g/mol. The minimum Gasteiger partial charge on any atom is -0.0688 e. The van der Waals surface area contributed by atoms with Gasteiger partial charge >= 0.3 is 0 Å². The van der Waals surface area contributed by atoms with E-state index in [1.165, 1.54) is 144 Å². The fourth-order valence-electron chi connectivity index (χ4n) is 12.7. The minimum atomic E-state index is 0.249. The zero-order valence-electron chi connectivity index (χ0n) is 39.6. The van der Waals surface area contributed by atoms with E-state index in [1.807, 2.05) is 0 Å². The molecule has 11 aromatic rings. The van der Waals surface area contributed by atoms with Gasteiger partial charge in [-0.3, -0.25) is 0 Å². The van der Waals surface area contributed by atoms with Crippen LogP contribution in [0.3, 0.4) is 0 Å². The maximum absolute atomic E-state index is 2.51. The average Bonchev–Trinajstić information content (AvgIpc) is 3.95. The van der Waals surface area contributed by atoms with E-state index >= 15 is 0 Å². The number of allylic oxidation sites excluding steroid dienone is 8. The Morgan fingerprint density at radius 3 is 1.15 bits per heavy atom. The Bertz CT molecular complexity index is 4130. The van der Waals surface area contributed by atoms with E-state index in [-0.39, 0.29) is 11.8 Å². The Hall–Kier alpha value is -9.10. The highest BCUT2D eigenvalue weighted by atomic mass is 14.4. The summed E-state index contributed by atoms with van der Waals surface area (Å²) in [6.07, 6.45) is 9.96. The third kappa shape index (κ3) is 6.39. The molecule has 2 atom stereocenters. The van der Waals surface area contributed by atoms with Gasteiger partial charge in [-0.2, -0.15) is 0 Å². The molecule has 0 aromatic heterocycles. The van der Waals surface area contributed by atoms with Gasteiger partial charge in [-0.25, -0.2) is 0 Å². The lowest BCUT2D eigenvalue weighted by Crippen LogP contribution is -2.17. The van der Waals surface area contributed by atoms with Gasteiger partial charge in [-0.05, 0) is 180 Å². The van der Waals surface area contributed by atoms with Crippen LogP contribution in [0.15, 0.2) is 267 Å². The molecular formula is C72H46. The Kier molecular flexibility index (Phi) is 9.19. The number of rotatable bonds is 7. The lowest BCUT2D eigenvalue weighted by Gasteiger charge is -2.30. The molecule has 0 spiro atoms. The summed E-state index contributed by atoms with van der Waals surface area (Å²) in [6, 6.07) is 90.3. The molecule has 0 bridgehead atoms. The van der Waals surface area contributed by atoms with Crippen LogP contribution < -0.4 is 0 Å². The Morgan fingerprint density at radius 1 is 0.250 bits per heavy atom. The lowest BCUT2D eigenvalue weighted by atomic mass is 9.73. The number of hydrogen-bond acceptors (Lipinski definition) is 0. The van der Waals surface area contributed by atoms with Crippen LogP contribution in [-0.2, 0) is 0 Å². The molecule has 15 rings (SSSR count). The first-order valence-corrected chi connectivity index (χ1v) is 25.3. The summed E-state index contributed by atoms with van der Waals surface area (Å²) in [5, 5.41) is 5.08. The molecule has 4 aliphatic carbocycles. The third-order valence-corrected chi connectivity index (χ3v) is 15.8. The largest absolute Gasteiger partial charge is 0.0688 e. The maximum Gasteiger partial charge on any atom is 0.0200 e. The van der Waals surface area contributed by atoms with Crippen LogP contribution in [0.4, 0.5) is 0 Å². The smallest absolute Gasteiger partial charge is 0.0200 e. The number of benzene rings is 11. The molecular weight excluding hydrogens is 865 g/mol. The van der Waals surface area contributed by atoms with Gasteiger partial charge in [0, 0.05) is 11.8 Å². The summed E-state index contributed by atoms with van der Waals surface area (Å²) in [5.41, 5.74) is 28.1. The van der Waals surface area contributed by atoms with Gasteiger partial charge in [0.2, 0.25) is 0 Å². The van der Waals surface area contributed by atoms with Crippen molar-refractivity contribution >= 4 is 43.8 Å². The van der Waals surface area contributed by atoms with Crippen LogP contribution in [0, 0.1) is 11.8 Å². The van der Waals surface area contributed by atoms with Crippen molar-refractivity contribution in [2.24, 2.45) is 11.8 Å². The predicted octanol–water partition coefficient (Wildman–Crippen LogP) is 19.2. The molecule has 0 fully saturated rings. The number of hydrogen-bond donors (Lipinski definition) is 0. The minimum absolute atomic E-state index is 0.249. The van der Waals surface area contributed by atoms with E-state index in [0.29, 0.717) is 0 Å². The Morgan fingerprint density at radius 2 is 0.653 bits per heavy atom. The van der Waals surface area contributed by atoms with Gasteiger partial charge in [0.15, 0.2) is 0 Å². The van der Waals surface area contributed by atoms with Crippen LogP contribution in [0.5, 0.6) is 0 Å². The van der Waals surface area contributed by atoms with Crippen molar-refractivity contribution in [1.82, 2.24) is 0 Å². The van der Waals surface area contributed by atoms with Gasteiger partial charge in [-0.1, -0.05) is 231 Å². The number of fused-ring (bicyclic) bond motifs is 7. The van der Waals surface area contributed by atoms with Crippen molar-refractivity contribution in [2.75, 3.05) is 0 Å². The van der Waals surface area contributed by atoms with E-state index in [4.69, 9.17) is 0 Å². The second kappa shape index (κ2) is 16.2. The van der Waals surface area contributed by atoms with Gasteiger partial charge < -0.3 is 0 Å². The van der Waals surface area contributed by atoms with E-state index < -0.39 is 0 Å². The molecule has 334 valence electrons. The van der Waals surface area contributed by atoms with E-state index in [0.717, 1.165) is 0 Å². The molecule has 0 heterocycles. The molecule has 0 aliphatic heterocycles. The molecule has 4 aliphatic rings. The van der Waals surface area contributed by atoms with Crippen molar-refractivity contribution in [2.45, 2.75) is 0 Å². The summed E-state index contributed by atoms with van der Waals surface area (Å²) in [7, 11) is 0. The lowest BCUT2D eigenvalue weighted by molar-refractivity contribution is 0.712. The van der Waals surface area contributed by atoms with Crippen LogP contribution in [-0.4, -0.2) is 0 Å². The first-order chi connectivity index (χ1) is 35.7. The van der Waals surface area contributed by atoms with Crippen LogP contribution >= 0.6 is 0 Å². The molecule has 2 unspecified atom stereocenters. The van der Waals surface area contributed by atoms with Gasteiger partial charge in [0.1, 0.15) is 0 Å². The molecule has 0 N–H and O–H groups in total. The molecule has 0 amide bonds. The summed E-state index contributed by atoms with van der Waals surface area (Å²) < 4.78 is 0. The topological polar surface area (TPSA) is 0 Å². The molecule has 0 nitrogen and oxygen atoms in total. The molecule has 72 heavy (non-hydrogen) atoms. The third-order valence-electron chi connectivity index (χ3n) is 15.8. The summed E-state index contributed by atoms with van der Waals surface area (Å²) >= 11 is 0. The summed E-state index contributed by atoms with van der Waals surface area (Å²) in [4.78, 5) is 0. The van der Waals surface area contributed by atoms with Crippen LogP contribution in [0.25, 0.3) is 122 Å². The predicted molar refractivity (Wildman–Crippen MR) is 305 cm³/mol. The maximum atomic E-state index is 2.51. The standard InChI is InChI=1S/C72H46/c1-7-19-45(20-8-1)53-35-57-36-54(46-21-9-2-10-22-46)42-64-61-39-51(31-33-59(61)62(41-53)67(57)64)52-32-34-60-63(40-52)70(50-29-17-6-18-30-50)72-66-44-56(48-25-13-4-14-26-48)38-58-37-55(47-23-11-3-12-24-47)43-65(68(58)66)71(72)69(60)49-27-15-5-16-28-49/h1-44,57,67H. The highest BCUT2D eigenvalue weighted by Gasteiger charge is 2.40. The molecule has 11 aromatic carbocycles. The highest BCUT2D eigenvalue weighted by Crippen LogP contribution is 2.60. The Balaban J connectivity index is 0.993. The highest BCUT2D eigenvalue weighted by molar-refractivity contribution is 6.29. The quantitative estimate of drug-likeness (QED) is 0.149. The second-order valence-corrected chi connectivity index (χ2v) is 19.9. The molecule has 0 saturated heterocycles. The van der Waals surface area contributed by atoms with Crippen LogP contribution in [0.2, 0.25) is 0 Å². The van der Waals surface area contributed by atoms with Crippen molar-refractivity contribution in [3.8, 4) is 77.9 Å². The van der Waals surface area contributed by atoms with E-state index in [1.54, 1.807) is 0 Å². The molecule has 0 radical (unpaired) electrons. The van der Waals surface area contributed by atoms with Gasteiger partial charge in [-0.15, -0.1) is 0 Å². The van der Waals surface area contributed by atoms with Crippen LogP contribution in [0.1, 0.15) is 22.3 Å². The Labute approximate surface area is 420 Å². The molecule has 0 heteroatoms. The van der Waals surface area contributed by atoms with Crippen molar-refractivity contribution in [3.05, 3.63) is 289 Å². The fraction of sp³-hybridized carbons (Fsp3) is 0.0278. The summed E-state index contributed by atoms with van der Waals surface area (Å²) in [6.45, 7) is 0. The first-order valence-electron chi connectivity index (χ1n) is 25.3. The SMILES string of the molecule is C1=C(c2ccccc2)C=C2c3ccc(-c4ccc5c(-c6ccccc6)c6c(c(-c7ccccc7)c5c4)-c4cc(-c5ccccc5)cc5cc(-c7ccccc7)cc-6c45)cc3C3=CC(c4ccccc4)=CC1C23.